The summed E-state index contributed by atoms with van der Waals surface area (Å²) in [6, 6.07) is 4.87. The normalized spacial score (nSPS) is 10.5. The summed E-state index contributed by atoms with van der Waals surface area (Å²) in [5.74, 6) is -5.43. The van der Waals surface area contributed by atoms with Gasteiger partial charge in [-0.2, -0.15) is 0 Å². The Morgan fingerprint density at radius 1 is 1.05 bits per heavy atom. The second-order valence-corrected chi connectivity index (χ2v) is 4.70. The van der Waals surface area contributed by atoms with Gasteiger partial charge in [0.15, 0.2) is 17.5 Å². The van der Waals surface area contributed by atoms with Crippen LogP contribution in [0.5, 0.6) is 0 Å². The van der Waals surface area contributed by atoms with Crippen LogP contribution in [0.25, 0.3) is 0 Å². The molecule has 0 unspecified atom stereocenters. The summed E-state index contributed by atoms with van der Waals surface area (Å²) in [6.45, 7) is 3.55. The topological polar surface area (TPSA) is 55.1 Å². The third-order valence-corrected chi connectivity index (χ3v) is 3.14. The Morgan fingerprint density at radius 2 is 1.71 bits per heavy atom. The molecule has 21 heavy (non-hydrogen) atoms. The maximum Gasteiger partial charge on any atom is 0.258 e. The van der Waals surface area contributed by atoms with Gasteiger partial charge >= 0.3 is 0 Å². The zero-order valence-electron chi connectivity index (χ0n) is 11.4. The molecule has 0 bridgehead atoms. The van der Waals surface area contributed by atoms with E-state index in [4.69, 9.17) is 5.73 Å². The van der Waals surface area contributed by atoms with E-state index in [0.717, 1.165) is 17.2 Å². The zero-order chi connectivity index (χ0) is 15.7. The fourth-order valence-corrected chi connectivity index (χ4v) is 1.89. The lowest BCUT2D eigenvalue weighted by molar-refractivity contribution is 0.102. The Morgan fingerprint density at radius 3 is 2.38 bits per heavy atom. The number of nitrogens with one attached hydrogen (secondary N) is 1. The Labute approximate surface area is 119 Å². The molecule has 0 saturated carbocycles. The molecule has 3 N–H and O–H groups in total. The lowest BCUT2D eigenvalue weighted by Crippen LogP contribution is -2.16. The fraction of sp³-hybridized carbons (Fsp3) is 0.133. The molecule has 1 amide bonds. The lowest BCUT2D eigenvalue weighted by atomic mass is 10.1. The standard InChI is InChI=1S/C15H13F3N2O/c1-7-5-8(2)12(6-11(7)19)20-15(21)9-3-4-10(16)14(18)13(9)17/h3-6H,19H2,1-2H3,(H,20,21). The predicted octanol–water partition coefficient (Wildman–Crippen LogP) is 3.56. The molecule has 0 radical (unpaired) electrons. The smallest absolute Gasteiger partial charge is 0.258 e. The number of hydrogen-bond acceptors (Lipinski definition) is 2. The summed E-state index contributed by atoms with van der Waals surface area (Å²) >= 11 is 0. The van der Waals surface area contributed by atoms with Crippen molar-refractivity contribution >= 4 is 17.3 Å². The highest BCUT2D eigenvalue weighted by Gasteiger charge is 2.19. The molecule has 2 rings (SSSR count). The molecule has 110 valence electrons. The number of rotatable bonds is 2. The summed E-state index contributed by atoms with van der Waals surface area (Å²) < 4.78 is 39.5. The molecule has 3 nitrogen and oxygen atoms in total. The number of anilines is 2. The maximum atomic E-state index is 13.6. The van der Waals surface area contributed by atoms with Gasteiger partial charge in [-0.1, -0.05) is 6.07 Å². The van der Waals surface area contributed by atoms with Gasteiger partial charge in [-0.25, -0.2) is 13.2 Å². The van der Waals surface area contributed by atoms with Gasteiger partial charge in [0.1, 0.15) is 0 Å². The Balaban J connectivity index is 2.35. The Kier molecular flexibility index (Phi) is 3.88. The van der Waals surface area contributed by atoms with Crippen LogP contribution in [-0.4, -0.2) is 5.91 Å². The lowest BCUT2D eigenvalue weighted by Gasteiger charge is -2.12. The molecule has 0 aliphatic carbocycles. The second kappa shape index (κ2) is 5.47. The first-order valence-electron chi connectivity index (χ1n) is 6.13. The van der Waals surface area contributed by atoms with E-state index in [0.29, 0.717) is 17.4 Å². The van der Waals surface area contributed by atoms with E-state index < -0.39 is 28.9 Å². The molecule has 0 spiro atoms. The van der Waals surface area contributed by atoms with Crippen molar-refractivity contribution in [3.63, 3.8) is 0 Å². The zero-order valence-corrected chi connectivity index (χ0v) is 11.4. The molecule has 0 aliphatic heterocycles. The minimum atomic E-state index is -1.68. The van der Waals surface area contributed by atoms with E-state index in [1.807, 2.05) is 6.92 Å². The van der Waals surface area contributed by atoms with Gasteiger partial charge in [-0.15, -0.1) is 0 Å². The average molecular weight is 294 g/mol. The first-order valence-corrected chi connectivity index (χ1v) is 6.13. The number of nitrogen functional groups attached to an aromatic ring is 1. The number of carbonyl (C=O) groups is 1. The van der Waals surface area contributed by atoms with Crippen LogP contribution in [0.4, 0.5) is 24.5 Å². The Hall–Kier alpha value is -2.50. The maximum absolute atomic E-state index is 13.6. The predicted molar refractivity (Wildman–Crippen MR) is 74.6 cm³/mol. The van der Waals surface area contributed by atoms with Crippen molar-refractivity contribution < 1.29 is 18.0 Å². The molecule has 0 fully saturated rings. The number of hydrogen-bond donors (Lipinski definition) is 2. The van der Waals surface area contributed by atoms with E-state index in [2.05, 4.69) is 5.32 Å². The van der Waals surface area contributed by atoms with Crippen LogP contribution in [0.1, 0.15) is 21.5 Å². The van der Waals surface area contributed by atoms with Gasteiger partial charge in [0, 0.05) is 11.4 Å². The fourth-order valence-electron chi connectivity index (χ4n) is 1.89. The number of carbonyl (C=O) groups excluding carboxylic acids is 1. The summed E-state index contributed by atoms with van der Waals surface area (Å²) in [5.41, 5.74) is 7.57. The van der Waals surface area contributed by atoms with Gasteiger partial charge in [0.05, 0.1) is 5.56 Å². The molecule has 2 aromatic carbocycles. The molecule has 0 atom stereocenters. The molecule has 0 heterocycles. The van der Waals surface area contributed by atoms with Crippen LogP contribution >= 0.6 is 0 Å². The second-order valence-electron chi connectivity index (χ2n) is 4.70. The SMILES string of the molecule is Cc1cc(C)c(NC(=O)c2ccc(F)c(F)c2F)cc1N. The highest BCUT2D eigenvalue weighted by Crippen LogP contribution is 2.23. The Bertz CT molecular complexity index is 729. The van der Waals surface area contributed by atoms with Crippen LogP contribution in [0.15, 0.2) is 24.3 Å². The molecular weight excluding hydrogens is 281 g/mol. The quantitative estimate of drug-likeness (QED) is 0.657. The van der Waals surface area contributed by atoms with E-state index >= 15 is 0 Å². The molecule has 0 saturated heterocycles. The van der Waals surface area contributed by atoms with Crippen molar-refractivity contribution in [1.82, 2.24) is 0 Å². The third kappa shape index (κ3) is 2.84. The van der Waals surface area contributed by atoms with Gasteiger partial charge < -0.3 is 11.1 Å². The van der Waals surface area contributed by atoms with Crippen LogP contribution < -0.4 is 11.1 Å². The molecule has 2 aromatic rings. The summed E-state index contributed by atoms with van der Waals surface area (Å²) in [6.07, 6.45) is 0. The number of benzene rings is 2. The number of halogens is 3. The molecular formula is C15H13F3N2O. The first kappa shape index (κ1) is 14.9. The van der Waals surface area contributed by atoms with Crippen molar-refractivity contribution in [3.05, 3.63) is 58.4 Å². The van der Waals surface area contributed by atoms with Gasteiger partial charge in [-0.05, 0) is 43.2 Å². The monoisotopic (exact) mass is 294 g/mol. The van der Waals surface area contributed by atoms with Gasteiger partial charge in [0.2, 0.25) is 0 Å². The van der Waals surface area contributed by atoms with Crippen molar-refractivity contribution in [1.29, 1.82) is 0 Å². The van der Waals surface area contributed by atoms with E-state index in [1.54, 1.807) is 13.0 Å². The minimum Gasteiger partial charge on any atom is -0.398 e. The summed E-state index contributed by atoms with van der Waals surface area (Å²) in [4.78, 5) is 12.0. The number of amides is 1. The number of aryl methyl sites for hydroxylation is 2. The highest BCUT2D eigenvalue weighted by atomic mass is 19.2. The van der Waals surface area contributed by atoms with Crippen molar-refractivity contribution in [2.24, 2.45) is 0 Å². The van der Waals surface area contributed by atoms with Gasteiger partial charge in [0.25, 0.3) is 5.91 Å². The summed E-state index contributed by atoms with van der Waals surface area (Å²) in [7, 11) is 0. The highest BCUT2D eigenvalue weighted by molar-refractivity contribution is 6.05. The third-order valence-electron chi connectivity index (χ3n) is 3.14. The van der Waals surface area contributed by atoms with Crippen molar-refractivity contribution in [2.75, 3.05) is 11.1 Å². The van der Waals surface area contributed by atoms with Crippen molar-refractivity contribution in [2.45, 2.75) is 13.8 Å². The van der Waals surface area contributed by atoms with Gasteiger partial charge in [-0.3, -0.25) is 4.79 Å². The molecule has 0 aliphatic rings. The average Bonchev–Trinajstić information content (AvgIpc) is 2.42. The first-order chi connectivity index (χ1) is 9.81. The minimum absolute atomic E-state index is 0.382. The van der Waals surface area contributed by atoms with E-state index in [-0.39, 0.29) is 0 Å². The van der Waals surface area contributed by atoms with Crippen molar-refractivity contribution in [3.8, 4) is 0 Å². The van der Waals surface area contributed by atoms with Crippen LogP contribution in [0.2, 0.25) is 0 Å². The van der Waals surface area contributed by atoms with Crippen LogP contribution in [0, 0.1) is 31.3 Å². The molecule has 0 aromatic heterocycles. The largest absolute Gasteiger partial charge is 0.398 e. The summed E-state index contributed by atoms with van der Waals surface area (Å²) in [5, 5.41) is 2.43. The molecule has 6 heteroatoms. The van der Waals surface area contributed by atoms with E-state index in [1.165, 1.54) is 6.07 Å². The van der Waals surface area contributed by atoms with Crippen LogP contribution in [0.3, 0.4) is 0 Å². The number of nitrogens with two attached hydrogens (primary N) is 1. The van der Waals surface area contributed by atoms with Crippen LogP contribution in [-0.2, 0) is 0 Å². The van der Waals surface area contributed by atoms with E-state index in [9.17, 15) is 18.0 Å².